The number of thioether (sulfide) groups is 1. The highest BCUT2D eigenvalue weighted by Crippen LogP contribution is 2.35. The van der Waals surface area contributed by atoms with Crippen LogP contribution >= 0.6 is 24.0 Å². The summed E-state index contributed by atoms with van der Waals surface area (Å²) in [6.45, 7) is 2.87. The first kappa shape index (κ1) is 21.5. The Bertz CT molecular complexity index is 1090. The van der Waals surface area contributed by atoms with Crippen molar-refractivity contribution in [3.8, 4) is 16.9 Å². The lowest BCUT2D eigenvalue weighted by atomic mass is 10.1. The Labute approximate surface area is 193 Å². The van der Waals surface area contributed by atoms with Crippen molar-refractivity contribution >= 4 is 40.3 Å². The van der Waals surface area contributed by atoms with Crippen LogP contribution in [0.3, 0.4) is 0 Å². The first-order valence-corrected chi connectivity index (χ1v) is 11.9. The van der Waals surface area contributed by atoms with Gasteiger partial charge in [0.25, 0.3) is 5.91 Å². The molecule has 4 rings (SSSR count). The number of thiocarbonyl (C=S) groups is 1. The third kappa shape index (κ3) is 4.97. The van der Waals surface area contributed by atoms with E-state index in [0.717, 1.165) is 35.3 Å². The first-order chi connectivity index (χ1) is 15.2. The van der Waals surface area contributed by atoms with Gasteiger partial charge >= 0.3 is 0 Å². The summed E-state index contributed by atoms with van der Waals surface area (Å²) < 4.78 is 2.50. The second-order valence-electron chi connectivity index (χ2n) is 7.47. The van der Waals surface area contributed by atoms with Gasteiger partial charge in [-0.05, 0) is 24.6 Å². The molecule has 2 aromatic carbocycles. The van der Waals surface area contributed by atoms with Gasteiger partial charge in [-0.1, -0.05) is 98.7 Å². The maximum Gasteiger partial charge on any atom is 0.266 e. The Morgan fingerprint density at radius 1 is 1.00 bits per heavy atom. The maximum absolute atomic E-state index is 13.0. The number of unbranched alkanes of at least 4 members (excludes halogenated alkanes) is 3. The van der Waals surface area contributed by atoms with Gasteiger partial charge in [-0.25, -0.2) is 4.68 Å². The molecule has 0 atom stereocenters. The van der Waals surface area contributed by atoms with Crippen LogP contribution in [0.5, 0.6) is 0 Å². The minimum Gasteiger partial charge on any atom is -0.293 e. The lowest BCUT2D eigenvalue weighted by Crippen LogP contribution is -2.29. The van der Waals surface area contributed by atoms with Crippen molar-refractivity contribution in [2.45, 2.75) is 32.6 Å². The normalized spacial score (nSPS) is 15.3. The topological polar surface area (TPSA) is 38.1 Å². The first-order valence-electron chi connectivity index (χ1n) is 10.6. The lowest BCUT2D eigenvalue weighted by Gasteiger charge is -2.13. The Morgan fingerprint density at radius 2 is 1.71 bits per heavy atom. The van der Waals surface area contributed by atoms with Crippen molar-refractivity contribution in [2.75, 3.05) is 6.54 Å². The van der Waals surface area contributed by atoms with E-state index < -0.39 is 0 Å². The quantitative estimate of drug-likeness (QED) is 0.230. The van der Waals surface area contributed by atoms with Crippen LogP contribution in [0, 0.1) is 0 Å². The molecule has 0 spiro atoms. The van der Waals surface area contributed by atoms with Crippen LogP contribution in [0.25, 0.3) is 23.0 Å². The second-order valence-corrected chi connectivity index (χ2v) is 9.15. The molecule has 0 unspecified atom stereocenters. The zero-order valence-corrected chi connectivity index (χ0v) is 19.2. The van der Waals surface area contributed by atoms with E-state index in [1.54, 1.807) is 4.90 Å². The molecule has 158 valence electrons. The summed E-state index contributed by atoms with van der Waals surface area (Å²) in [5, 5.41) is 4.83. The zero-order chi connectivity index (χ0) is 21.6. The molecule has 4 nitrogen and oxygen atoms in total. The third-order valence-corrected chi connectivity index (χ3v) is 6.58. The van der Waals surface area contributed by atoms with Crippen LogP contribution in [-0.2, 0) is 4.79 Å². The largest absolute Gasteiger partial charge is 0.293 e. The summed E-state index contributed by atoms with van der Waals surface area (Å²) in [6.07, 6.45) is 8.37. The van der Waals surface area contributed by atoms with Crippen LogP contribution in [-0.4, -0.2) is 31.5 Å². The summed E-state index contributed by atoms with van der Waals surface area (Å²) in [5.74, 6) is -0.00188. The van der Waals surface area contributed by atoms with Crippen LogP contribution < -0.4 is 0 Å². The number of hydrogen-bond donors (Lipinski definition) is 0. The highest BCUT2D eigenvalue weighted by Gasteiger charge is 2.32. The fourth-order valence-electron chi connectivity index (χ4n) is 3.56. The fourth-order valence-corrected chi connectivity index (χ4v) is 4.86. The number of nitrogens with zero attached hydrogens (tertiary/aromatic N) is 3. The van der Waals surface area contributed by atoms with E-state index in [1.165, 1.54) is 24.6 Å². The predicted octanol–water partition coefficient (Wildman–Crippen LogP) is 6.32. The smallest absolute Gasteiger partial charge is 0.266 e. The number of carbonyl (C=O) groups is 1. The molecule has 1 aromatic heterocycles. The van der Waals surface area contributed by atoms with E-state index in [1.807, 2.05) is 77.6 Å². The minimum absolute atomic E-state index is 0.00188. The van der Waals surface area contributed by atoms with E-state index in [-0.39, 0.29) is 5.91 Å². The van der Waals surface area contributed by atoms with E-state index in [2.05, 4.69) is 6.92 Å². The van der Waals surface area contributed by atoms with Crippen molar-refractivity contribution < 1.29 is 4.79 Å². The molecule has 6 heteroatoms. The van der Waals surface area contributed by atoms with E-state index in [4.69, 9.17) is 17.3 Å². The van der Waals surface area contributed by atoms with Gasteiger partial charge in [0.1, 0.15) is 4.32 Å². The number of rotatable bonds is 8. The molecular weight excluding hydrogens is 422 g/mol. The fraction of sp³-hybridized carbons (Fsp3) is 0.240. The van der Waals surface area contributed by atoms with E-state index >= 15 is 0 Å². The average Bonchev–Trinajstić information content (AvgIpc) is 3.34. The van der Waals surface area contributed by atoms with Gasteiger partial charge in [0.15, 0.2) is 0 Å². The lowest BCUT2D eigenvalue weighted by molar-refractivity contribution is -0.122. The van der Waals surface area contributed by atoms with Gasteiger partial charge in [-0.2, -0.15) is 5.10 Å². The molecule has 1 saturated heterocycles. The molecule has 3 aromatic rings. The van der Waals surface area contributed by atoms with Crippen molar-refractivity contribution in [2.24, 2.45) is 0 Å². The molecule has 0 saturated carbocycles. The van der Waals surface area contributed by atoms with Gasteiger partial charge in [-0.15, -0.1) is 0 Å². The van der Waals surface area contributed by atoms with Gasteiger partial charge in [0.2, 0.25) is 0 Å². The number of benzene rings is 2. The SMILES string of the molecule is CCCCCCN1C(=O)C(=Cc2cn(-c3ccccc3)nc2-c2ccccc2)SC1=S. The van der Waals surface area contributed by atoms with Gasteiger partial charge < -0.3 is 0 Å². The molecule has 0 bridgehead atoms. The van der Waals surface area contributed by atoms with Crippen molar-refractivity contribution in [1.29, 1.82) is 0 Å². The molecule has 1 fully saturated rings. The van der Waals surface area contributed by atoms with Crippen LogP contribution in [0.15, 0.2) is 71.8 Å². The molecule has 0 N–H and O–H groups in total. The van der Waals surface area contributed by atoms with Gasteiger partial charge in [0, 0.05) is 23.9 Å². The van der Waals surface area contributed by atoms with E-state index in [9.17, 15) is 4.79 Å². The monoisotopic (exact) mass is 447 g/mol. The average molecular weight is 448 g/mol. The highest BCUT2D eigenvalue weighted by atomic mass is 32.2. The van der Waals surface area contributed by atoms with Gasteiger partial charge in [-0.3, -0.25) is 9.69 Å². The number of aromatic nitrogens is 2. The molecule has 0 aliphatic carbocycles. The Balaban J connectivity index is 1.65. The molecule has 2 heterocycles. The summed E-state index contributed by atoms with van der Waals surface area (Å²) in [4.78, 5) is 15.4. The molecule has 1 aliphatic heterocycles. The molecule has 1 amide bonds. The maximum atomic E-state index is 13.0. The minimum atomic E-state index is -0.00188. The number of amides is 1. The highest BCUT2D eigenvalue weighted by molar-refractivity contribution is 8.26. The van der Waals surface area contributed by atoms with Gasteiger partial charge in [0.05, 0.1) is 16.3 Å². The number of carbonyl (C=O) groups excluding carboxylic acids is 1. The third-order valence-electron chi connectivity index (χ3n) is 5.21. The Kier molecular flexibility index (Phi) is 6.99. The van der Waals surface area contributed by atoms with Crippen molar-refractivity contribution in [3.63, 3.8) is 0 Å². The van der Waals surface area contributed by atoms with E-state index in [0.29, 0.717) is 15.8 Å². The van der Waals surface area contributed by atoms with Crippen LogP contribution in [0.2, 0.25) is 0 Å². The summed E-state index contributed by atoms with van der Waals surface area (Å²) in [5.41, 5.74) is 3.74. The van der Waals surface area contributed by atoms with Crippen LogP contribution in [0.1, 0.15) is 38.2 Å². The molecule has 1 aliphatic rings. The molecular formula is C25H25N3OS2. The van der Waals surface area contributed by atoms with Crippen molar-refractivity contribution in [1.82, 2.24) is 14.7 Å². The van der Waals surface area contributed by atoms with Crippen LogP contribution in [0.4, 0.5) is 0 Å². The molecule has 0 radical (unpaired) electrons. The Hall–Kier alpha value is -2.70. The van der Waals surface area contributed by atoms with Crippen molar-refractivity contribution in [3.05, 3.63) is 77.3 Å². The standard InChI is InChI=1S/C25H25N3OS2/c1-2-3-4-11-16-27-24(29)22(31-25(27)30)17-20-18-28(21-14-9-6-10-15-21)26-23(20)19-12-7-5-8-13-19/h5-10,12-15,17-18H,2-4,11,16H2,1H3. The second kappa shape index (κ2) is 10.1. The number of para-hydroxylation sites is 1. The summed E-state index contributed by atoms with van der Waals surface area (Å²) in [6, 6.07) is 20.0. The Morgan fingerprint density at radius 3 is 2.42 bits per heavy atom. The number of hydrogen-bond acceptors (Lipinski definition) is 4. The summed E-state index contributed by atoms with van der Waals surface area (Å²) in [7, 11) is 0. The summed E-state index contributed by atoms with van der Waals surface area (Å²) >= 11 is 6.88. The molecule has 31 heavy (non-hydrogen) atoms. The zero-order valence-electron chi connectivity index (χ0n) is 17.5. The predicted molar refractivity (Wildman–Crippen MR) is 133 cm³/mol.